The minimum absolute atomic E-state index is 0.680. The van der Waals surface area contributed by atoms with Gasteiger partial charge in [-0.2, -0.15) is 5.10 Å². The number of benzene rings is 2. The maximum atomic E-state index is 5.34. The average molecular weight is 353 g/mol. The van der Waals surface area contributed by atoms with Gasteiger partial charge in [-0.15, -0.1) is 11.3 Å². The lowest BCUT2D eigenvalue weighted by Crippen LogP contribution is -1.92. The van der Waals surface area contributed by atoms with Crippen LogP contribution in [0, 0.1) is 6.92 Å². The summed E-state index contributed by atoms with van der Waals surface area (Å²) in [7, 11) is 3.24. The standard InChI is InChI=1S/C19H19N3O2S/c1-13-4-6-14(7-5-13)11-20-22-19-21-16(12-25-19)15-8-9-17(23-2)18(10-15)24-3/h4-12H,1-3H3,(H,21,22)/b20-11-. The molecule has 0 atom stereocenters. The first-order valence-electron chi connectivity index (χ1n) is 7.73. The maximum Gasteiger partial charge on any atom is 0.203 e. The molecule has 0 spiro atoms. The molecule has 128 valence electrons. The molecule has 1 N–H and O–H groups in total. The van der Waals surface area contributed by atoms with Crippen LogP contribution < -0.4 is 14.9 Å². The fourth-order valence-electron chi connectivity index (χ4n) is 2.27. The van der Waals surface area contributed by atoms with E-state index in [-0.39, 0.29) is 0 Å². The van der Waals surface area contributed by atoms with Gasteiger partial charge in [-0.05, 0) is 30.7 Å². The third-order valence-corrected chi connectivity index (χ3v) is 4.38. The topological polar surface area (TPSA) is 55.7 Å². The molecule has 1 heterocycles. The second-order valence-electron chi connectivity index (χ2n) is 5.39. The molecule has 3 rings (SSSR count). The van der Waals surface area contributed by atoms with Crippen LogP contribution in [0.15, 0.2) is 52.9 Å². The van der Waals surface area contributed by atoms with Crippen LogP contribution in [0.1, 0.15) is 11.1 Å². The highest BCUT2D eigenvalue weighted by molar-refractivity contribution is 7.14. The number of nitrogens with one attached hydrogen (secondary N) is 1. The van der Waals surface area contributed by atoms with Gasteiger partial charge in [0.2, 0.25) is 5.13 Å². The number of methoxy groups -OCH3 is 2. The Bertz CT molecular complexity index is 873. The van der Waals surface area contributed by atoms with Gasteiger partial charge in [-0.1, -0.05) is 29.8 Å². The number of hydrazone groups is 1. The highest BCUT2D eigenvalue weighted by Crippen LogP contribution is 2.33. The fraction of sp³-hybridized carbons (Fsp3) is 0.158. The number of aryl methyl sites for hydroxylation is 1. The van der Waals surface area contributed by atoms with Crippen molar-refractivity contribution >= 4 is 22.7 Å². The Kier molecular flexibility index (Phi) is 5.30. The van der Waals surface area contributed by atoms with E-state index < -0.39 is 0 Å². The molecule has 5 nitrogen and oxygen atoms in total. The van der Waals surface area contributed by atoms with E-state index in [2.05, 4.69) is 34.6 Å². The Hall–Kier alpha value is -2.86. The SMILES string of the molecule is COc1ccc(-c2csc(N/N=C\c3ccc(C)cc3)n2)cc1OC. The highest BCUT2D eigenvalue weighted by Gasteiger charge is 2.09. The number of rotatable bonds is 6. The zero-order chi connectivity index (χ0) is 17.6. The second kappa shape index (κ2) is 7.81. The van der Waals surface area contributed by atoms with Gasteiger partial charge in [0.05, 0.1) is 26.1 Å². The lowest BCUT2D eigenvalue weighted by Gasteiger charge is -2.08. The van der Waals surface area contributed by atoms with Gasteiger partial charge in [0.1, 0.15) is 0 Å². The van der Waals surface area contributed by atoms with Crippen molar-refractivity contribution in [1.82, 2.24) is 4.98 Å². The molecule has 0 aliphatic rings. The first-order chi connectivity index (χ1) is 12.2. The number of thiazole rings is 1. The Morgan fingerprint density at radius 3 is 2.52 bits per heavy atom. The van der Waals surface area contributed by atoms with Gasteiger partial charge in [0, 0.05) is 10.9 Å². The fourth-order valence-corrected chi connectivity index (χ4v) is 2.94. The van der Waals surface area contributed by atoms with E-state index in [0.717, 1.165) is 22.0 Å². The molecule has 0 aliphatic heterocycles. The van der Waals surface area contributed by atoms with Gasteiger partial charge >= 0.3 is 0 Å². The molecule has 0 unspecified atom stereocenters. The summed E-state index contributed by atoms with van der Waals surface area (Å²) in [5.41, 5.74) is 7.06. The van der Waals surface area contributed by atoms with Crippen molar-refractivity contribution in [2.24, 2.45) is 5.10 Å². The van der Waals surface area contributed by atoms with E-state index in [4.69, 9.17) is 9.47 Å². The number of hydrogen-bond acceptors (Lipinski definition) is 6. The van der Waals surface area contributed by atoms with E-state index in [9.17, 15) is 0 Å². The monoisotopic (exact) mass is 353 g/mol. The first kappa shape index (κ1) is 17.0. The summed E-state index contributed by atoms with van der Waals surface area (Å²) in [6.07, 6.45) is 1.77. The molecule has 25 heavy (non-hydrogen) atoms. The predicted molar refractivity (Wildman–Crippen MR) is 103 cm³/mol. The van der Waals surface area contributed by atoms with Gasteiger partial charge in [0.15, 0.2) is 11.5 Å². The summed E-state index contributed by atoms with van der Waals surface area (Å²) in [5.74, 6) is 1.38. The smallest absolute Gasteiger partial charge is 0.203 e. The van der Waals surface area contributed by atoms with Crippen LogP contribution in [0.25, 0.3) is 11.3 Å². The molecular formula is C19H19N3O2S. The molecule has 3 aromatic rings. The van der Waals surface area contributed by atoms with Gasteiger partial charge in [0.25, 0.3) is 0 Å². The van der Waals surface area contributed by atoms with Crippen molar-refractivity contribution < 1.29 is 9.47 Å². The molecule has 0 radical (unpaired) electrons. The number of aromatic nitrogens is 1. The molecule has 2 aromatic carbocycles. The Morgan fingerprint density at radius 2 is 1.80 bits per heavy atom. The van der Waals surface area contributed by atoms with Crippen molar-refractivity contribution in [3.63, 3.8) is 0 Å². The lowest BCUT2D eigenvalue weighted by molar-refractivity contribution is 0.355. The largest absolute Gasteiger partial charge is 0.493 e. The quantitative estimate of drug-likeness (QED) is 0.520. The van der Waals surface area contributed by atoms with E-state index in [1.54, 1.807) is 20.4 Å². The van der Waals surface area contributed by atoms with Gasteiger partial charge in [-0.3, -0.25) is 5.43 Å². The summed E-state index contributed by atoms with van der Waals surface area (Å²) in [6, 6.07) is 13.9. The number of nitrogens with zero attached hydrogens (tertiary/aromatic N) is 2. The molecule has 0 amide bonds. The van der Waals surface area contributed by atoms with Crippen LogP contribution in [0.4, 0.5) is 5.13 Å². The molecule has 0 bridgehead atoms. The minimum atomic E-state index is 0.680. The zero-order valence-electron chi connectivity index (χ0n) is 14.3. The molecule has 0 aliphatic carbocycles. The van der Waals surface area contributed by atoms with E-state index in [1.165, 1.54) is 16.9 Å². The Labute approximate surface area is 151 Å². The van der Waals surface area contributed by atoms with Crippen molar-refractivity contribution in [3.8, 4) is 22.8 Å². The summed E-state index contributed by atoms with van der Waals surface area (Å²) >= 11 is 1.50. The molecular weight excluding hydrogens is 334 g/mol. The summed E-state index contributed by atoms with van der Waals surface area (Å²) < 4.78 is 10.6. The predicted octanol–water partition coefficient (Wildman–Crippen LogP) is 4.58. The maximum absolute atomic E-state index is 5.34. The molecule has 0 saturated carbocycles. The Morgan fingerprint density at radius 1 is 1.04 bits per heavy atom. The van der Waals surface area contributed by atoms with Crippen molar-refractivity contribution in [1.29, 1.82) is 0 Å². The molecule has 0 saturated heterocycles. The van der Waals surface area contributed by atoms with Crippen molar-refractivity contribution in [3.05, 3.63) is 59.0 Å². The van der Waals surface area contributed by atoms with Gasteiger partial charge < -0.3 is 9.47 Å². The van der Waals surface area contributed by atoms with Crippen LogP contribution in [0.3, 0.4) is 0 Å². The number of hydrogen-bond donors (Lipinski definition) is 1. The number of ether oxygens (including phenoxy) is 2. The third-order valence-electron chi connectivity index (χ3n) is 3.63. The van der Waals surface area contributed by atoms with Gasteiger partial charge in [-0.25, -0.2) is 4.98 Å². The van der Waals surface area contributed by atoms with Crippen LogP contribution in [0.5, 0.6) is 11.5 Å². The third kappa shape index (κ3) is 4.16. The second-order valence-corrected chi connectivity index (χ2v) is 6.25. The molecule has 6 heteroatoms. The van der Waals surface area contributed by atoms with E-state index in [1.807, 2.05) is 35.7 Å². The summed E-state index contributed by atoms with van der Waals surface area (Å²) in [6.45, 7) is 2.06. The normalized spacial score (nSPS) is 10.8. The van der Waals surface area contributed by atoms with Crippen LogP contribution in [-0.2, 0) is 0 Å². The average Bonchev–Trinajstić information content (AvgIpc) is 3.11. The van der Waals surface area contributed by atoms with Crippen molar-refractivity contribution in [2.45, 2.75) is 6.92 Å². The van der Waals surface area contributed by atoms with Crippen LogP contribution >= 0.6 is 11.3 Å². The highest BCUT2D eigenvalue weighted by atomic mass is 32.1. The van der Waals surface area contributed by atoms with Crippen molar-refractivity contribution in [2.75, 3.05) is 19.6 Å². The lowest BCUT2D eigenvalue weighted by atomic mass is 10.1. The van der Waals surface area contributed by atoms with E-state index in [0.29, 0.717) is 11.5 Å². The molecule has 0 fully saturated rings. The van der Waals surface area contributed by atoms with Crippen LogP contribution in [0.2, 0.25) is 0 Å². The first-order valence-corrected chi connectivity index (χ1v) is 8.61. The summed E-state index contributed by atoms with van der Waals surface area (Å²) in [5, 5.41) is 6.94. The van der Waals surface area contributed by atoms with Crippen LogP contribution in [-0.4, -0.2) is 25.4 Å². The number of anilines is 1. The molecule has 1 aromatic heterocycles. The zero-order valence-corrected chi connectivity index (χ0v) is 15.1. The Balaban J connectivity index is 1.71. The summed E-state index contributed by atoms with van der Waals surface area (Å²) in [4.78, 5) is 4.55. The van der Waals surface area contributed by atoms with E-state index >= 15 is 0 Å². The minimum Gasteiger partial charge on any atom is -0.493 e.